The summed E-state index contributed by atoms with van der Waals surface area (Å²) < 4.78 is 5.43. The molecule has 4 rings (SSSR count). The Kier molecular flexibility index (Phi) is 6.41. The number of fused-ring (bicyclic) bond motifs is 3. The molecule has 1 saturated heterocycles. The Balaban J connectivity index is 1.28. The van der Waals surface area contributed by atoms with Gasteiger partial charge < -0.3 is 20.1 Å². The van der Waals surface area contributed by atoms with Crippen molar-refractivity contribution in [2.45, 2.75) is 31.2 Å². The van der Waals surface area contributed by atoms with Crippen LogP contribution in [0.25, 0.3) is 11.1 Å². The van der Waals surface area contributed by atoms with Crippen LogP contribution in [0.15, 0.2) is 48.5 Å². The summed E-state index contributed by atoms with van der Waals surface area (Å²) in [4.78, 5) is 36.8. The van der Waals surface area contributed by atoms with Crippen LogP contribution in [0.1, 0.15) is 36.3 Å². The molecule has 0 bridgehead atoms. The summed E-state index contributed by atoms with van der Waals surface area (Å²) >= 11 is 0. The lowest BCUT2D eigenvalue weighted by molar-refractivity contribution is -0.139. The molecule has 0 unspecified atom stereocenters. The summed E-state index contributed by atoms with van der Waals surface area (Å²) in [5.41, 5.74) is 4.58. The van der Waals surface area contributed by atoms with Crippen LogP contribution in [0.4, 0.5) is 4.79 Å². The second kappa shape index (κ2) is 9.56. The van der Waals surface area contributed by atoms with Gasteiger partial charge in [-0.15, -0.1) is 0 Å². The second-order valence-electron chi connectivity index (χ2n) is 7.87. The molecule has 0 radical (unpaired) electrons. The first-order chi connectivity index (χ1) is 15.5. The van der Waals surface area contributed by atoms with E-state index in [-0.39, 0.29) is 31.5 Å². The maximum atomic E-state index is 12.2. The van der Waals surface area contributed by atoms with Gasteiger partial charge in [0.25, 0.3) is 5.91 Å². The average molecular weight is 432 g/mol. The number of aliphatic carboxylic acids is 1. The highest BCUT2D eigenvalue weighted by Crippen LogP contribution is 2.44. The van der Waals surface area contributed by atoms with Crippen LogP contribution in [0, 0.1) is 11.8 Å². The number of amides is 2. The SMILES string of the molecule is O=C(O)C[C@H]1CCCN1C(=O)C#CCNC(=O)OCC1c2ccccc2-c2ccccc21. The Bertz CT molecular complexity index is 1060. The Morgan fingerprint density at radius 1 is 1.06 bits per heavy atom. The number of likely N-dealkylation sites (tertiary alicyclic amines) is 1. The topological polar surface area (TPSA) is 95.9 Å². The van der Waals surface area contributed by atoms with E-state index in [1.807, 2.05) is 36.4 Å². The van der Waals surface area contributed by atoms with Crippen LogP contribution in [-0.2, 0) is 14.3 Å². The zero-order chi connectivity index (χ0) is 22.5. The van der Waals surface area contributed by atoms with Gasteiger partial charge in [0.2, 0.25) is 0 Å². The molecule has 1 aliphatic carbocycles. The quantitative estimate of drug-likeness (QED) is 0.708. The van der Waals surface area contributed by atoms with Gasteiger partial charge in [-0.2, -0.15) is 0 Å². The van der Waals surface area contributed by atoms with Crippen molar-refractivity contribution in [2.24, 2.45) is 0 Å². The first-order valence-corrected chi connectivity index (χ1v) is 10.6. The van der Waals surface area contributed by atoms with Crippen molar-refractivity contribution in [3.8, 4) is 23.0 Å². The van der Waals surface area contributed by atoms with Crippen LogP contribution in [-0.4, -0.2) is 53.7 Å². The minimum atomic E-state index is -0.931. The van der Waals surface area contributed by atoms with Gasteiger partial charge in [0.15, 0.2) is 0 Å². The van der Waals surface area contributed by atoms with E-state index in [1.54, 1.807) is 0 Å². The molecule has 7 nitrogen and oxygen atoms in total. The number of rotatable bonds is 5. The van der Waals surface area contributed by atoms with E-state index < -0.39 is 18.0 Å². The number of carboxylic acids is 1. The Morgan fingerprint density at radius 3 is 2.38 bits per heavy atom. The maximum absolute atomic E-state index is 12.2. The molecule has 1 aliphatic heterocycles. The Labute approximate surface area is 186 Å². The molecule has 2 aromatic rings. The van der Waals surface area contributed by atoms with Gasteiger partial charge in [-0.25, -0.2) is 4.79 Å². The van der Waals surface area contributed by atoms with Gasteiger partial charge >= 0.3 is 12.1 Å². The molecule has 0 saturated carbocycles. The third-order valence-corrected chi connectivity index (χ3v) is 5.91. The maximum Gasteiger partial charge on any atom is 0.407 e. The molecule has 32 heavy (non-hydrogen) atoms. The molecule has 7 heteroatoms. The lowest BCUT2D eigenvalue weighted by Gasteiger charge is -2.20. The van der Waals surface area contributed by atoms with E-state index >= 15 is 0 Å². The summed E-state index contributed by atoms with van der Waals surface area (Å²) in [5.74, 6) is 3.74. The number of carbonyl (C=O) groups is 3. The van der Waals surface area contributed by atoms with E-state index in [2.05, 4.69) is 29.3 Å². The fourth-order valence-corrected chi connectivity index (χ4v) is 4.47. The second-order valence-corrected chi connectivity index (χ2v) is 7.87. The first kappa shape index (κ1) is 21.4. The predicted octanol–water partition coefficient (Wildman–Crippen LogP) is 2.99. The lowest BCUT2D eigenvalue weighted by atomic mass is 9.98. The molecule has 2 amide bonds. The lowest BCUT2D eigenvalue weighted by Crippen LogP contribution is -2.36. The summed E-state index contributed by atoms with van der Waals surface area (Å²) in [7, 11) is 0. The van der Waals surface area contributed by atoms with Gasteiger partial charge in [-0.05, 0) is 41.0 Å². The molecule has 1 fully saturated rings. The number of nitrogens with zero attached hydrogens (tertiary/aromatic N) is 1. The molecule has 1 atom stereocenters. The highest BCUT2D eigenvalue weighted by atomic mass is 16.5. The van der Waals surface area contributed by atoms with E-state index in [0.29, 0.717) is 13.0 Å². The zero-order valence-electron chi connectivity index (χ0n) is 17.5. The van der Waals surface area contributed by atoms with E-state index in [0.717, 1.165) is 28.7 Å². The van der Waals surface area contributed by atoms with E-state index in [9.17, 15) is 14.4 Å². The number of hydrogen-bond donors (Lipinski definition) is 2. The van der Waals surface area contributed by atoms with Crippen molar-refractivity contribution in [3.05, 3.63) is 59.7 Å². The van der Waals surface area contributed by atoms with Crippen LogP contribution >= 0.6 is 0 Å². The normalized spacial score (nSPS) is 16.5. The molecule has 2 N–H and O–H groups in total. The van der Waals surface area contributed by atoms with Gasteiger partial charge in [-0.1, -0.05) is 54.5 Å². The predicted molar refractivity (Wildman–Crippen MR) is 118 cm³/mol. The number of hydrogen-bond acceptors (Lipinski definition) is 4. The Morgan fingerprint density at radius 2 is 1.72 bits per heavy atom. The minimum absolute atomic E-state index is 0.0258. The van der Waals surface area contributed by atoms with Crippen molar-refractivity contribution in [1.82, 2.24) is 10.2 Å². The summed E-state index contributed by atoms with van der Waals surface area (Å²) in [6, 6.07) is 15.9. The number of carboxylic acid groups (broad SMARTS) is 1. The Hall–Kier alpha value is -3.79. The summed E-state index contributed by atoms with van der Waals surface area (Å²) in [5, 5.41) is 11.5. The van der Waals surface area contributed by atoms with Crippen molar-refractivity contribution in [1.29, 1.82) is 0 Å². The highest BCUT2D eigenvalue weighted by Gasteiger charge is 2.30. The number of benzene rings is 2. The smallest absolute Gasteiger partial charge is 0.407 e. The van der Waals surface area contributed by atoms with Gasteiger partial charge in [0, 0.05) is 18.5 Å². The standard InChI is InChI=1S/C25H24N2O5/c28-23(27-14-6-7-17(27)15-24(29)30)12-5-13-26-25(31)32-16-22-20-10-3-1-8-18(20)19-9-2-4-11-21(19)22/h1-4,8-11,17,22H,6-7,13-16H2,(H,26,31)(H,29,30)/t17-/m1/s1. The molecular formula is C25H24N2O5. The van der Waals surface area contributed by atoms with Gasteiger partial charge in [0.05, 0.1) is 13.0 Å². The zero-order valence-corrected chi connectivity index (χ0v) is 17.5. The van der Waals surface area contributed by atoms with E-state index in [4.69, 9.17) is 9.84 Å². The molecule has 0 aromatic heterocycles. The van der Waals surface area contributed by atoms with Crippen LogP contribution in [0.2, 0.25) is 0 Å². The third-order valence-electron chi connectivity index (χ3n) is 5.91. The minimum Gasteiger partial charge on any atom is -0.481 e. The van der Waals surface area contributed by atoms with Crippen molar-refractivity contribution < 1.29 is 24.2 Å². The van der Waals surface area contributed by atoms with Crippen molar-refractivity contribution in [3.63, 3.8) is 0 Å². The van der Waals surface area contributed by atoms with Crippen LogP contribution in [0.3, 0.4) is 0 Å². The van der Waals surface area contributed by atoms with Crippen LogP contribution in [0.5, 0.6) is 0 Å². The molecule has 0 spiro atoms. The molecule has 164 valence electrons. The monoisotopic (exact) mass is 432 g/mol. The molecule has 2 aromatic carbocycles. The van der Waals surface area contributed by atoms with E-state index in [1.165, 1.54) is 4.90 Å². The van der Waals surface area contributed by atoms with Gasteiger partial charge in [0.1, 0.15) is 6.61 Å². The van der Waals surface area contributed by atoms with Crippen LogP contribution < -0.4 is 5.32 Å². The largest absolute Gasteiger partial charge is 0.481 e. The van der Waals surface area contributed by atoms with Gasteiger partial charge in [-0.3, -0.25) is 9.59 Å². The fraction of sp³-hybridized carbons (Fsp3) is 0.320. The molecular weight excluding hydrogens is 408 g/mol. The van der Waals surface area contributed by atoms with Crippen molar-refractivity contribution >= 4 is 18.0 Å². The number of alkyl carbamates (subject to hydrolysis) is 1. The average Bonchev–Trinajstić information content (AvgIpc) is 3.37. The van der Waals surface area contributed by atoms with Crippen molar-refractivity contribution in [2.75, 3.05) is 19.7 Å². The third kappa shape index (κ3) is 4.59. The first-order valence-electron chi connectivity index (χ1n) is 10.6. The molecule has 1 heterocycles. The number of nitrogens with one attached hydrogen (secondary N) is 1. The molecule has 2 aliphatic rings. The summed E-state index contributed by atoms with van der Waals surface area (Å²) in [6.45, 7) is 0.683. The number of ether oxygens (including phenoxy) is 1. The number of carbonyl (C=O) groups excluding carboxylic acids is 2. The summed E-state index contributed by atoms with van der Waals surface area (Å²) in [6.07, 6.45) is 0.755. The fourth-order valence-electron chi connectivity index (χ4n) is 4.47. The highest BCUT2D eigenvalue weighted by molar-refractivity contribution is 5.94.